The standard InChI is InChI=1S/C13H13F3N2O3/c14-13(15,16)7-3-4-9(8(6-7)12(20)21)18-11(19)10-2-1-5-17-10/h3-4,6,10,17H,1-2,5H2,(H,18,19)(H,20,21). The molecule has 3 N–H and O–H groups in total. The highest BCUT2D eigenvalue weighted by Crippen LogP contribution is 2.32. The van der Waals surface area contributed by atoms with E-state index in [2.05, 4.69) is 10.6 Å². The second-order valence-electron chi connectivity index (χ2n) is 4.70. The molecule has 1 amide bonds. The Morgan fingerprint density at radius 2 is 2.05 bits per heavy atom. The summed E-state index contributed by atoms with van der Waals surface area (Å²) in [5.41, 5.74) is -1.80. The quantitative estimate of drug-likeness (QED) is 0.799. The summed E-state index contributed by atoms with van der Waals surface area (Å²) < 4.78 is 37.7. The molecule has 0 bridgehead atoms. The lowest BCUT2D eigenvalue weighted by Gasteiger charge is -2.14. The largest absolute Gasteiger partial charge is 0.478 e. The molecule has 1 saturated heterocycles. The van der Waals surface area contributed by atoms with Gasteiger partial charge in [-0.15, -0.1) is 0 Å². The number of anilines is 1. The molecule has 0 spiro atoms. The van der Waals surface area contributed by atoms with Gasteiger partial charge < -0.3 is 15.7 Å². The van der Waals surface area contributed by atoms with E-state index in [0.29, 0.717) is 19.0 Å². The Bertz CT molecular complexity index is 566. The van der Waals surface area contributed by atoms with Crippen LogP contribution in [0.25, 0.3) is 0 Å². The number of carbonyl (C=O) groups excluding carboxylic acids is 1. The minimum absolute atomic E-state index is 0.144. The van der Waals surface area contributed by atoms with E-state index >= 15 is 0 Å². The number of hydrogen-bond donors (Lipinski definition) is 3. The van der Waals surface area contributed by atoms with E-state index in [-0.39, 0.29) is 5.69 Å². The highest BCUT2D eigenvalue weighted by atomic mass is 19.4. The SMILES string of the molecule is O=C(O)c1cc(C(F)(F)F)ccc1NC(=O)C1CCCN1. The molecule has 1 atom stereocenters. The lowest BCUT2D eigenvalue weighted by molar-refractivity contribution is -0.137. The van der Waals surface area contributed by atoms with E-state index in [9.17, 15) is 22.8 Å². The first-order chi connectivity index (χ1) is 9.79. The molecule has 1 aliphatic heterocycles. The Kier molecular flexibility index (Phi) is 4.17. The smallest absolute Gasteiger partial charge is 0.416 e. The fourth-order valence-electron chi connectivity index (χ4n) is 2.13. The zero-order chi connectivity index (χ0) is 15.6. The van der Waals surface area contributed by atoms with Crippen molar-refractivity contribution in [2.75, 3.05) is 11.9 Å². The van der Waals surface area contributed by atoms with Crippen molar-refractivity contribution in [2.45, 2.75) is 25.1 Å². The van der Waals surface area contributed by atoms with Crippen LogP contribution in [0, 0.1) is 0 Å². The number of alkyl halides is 3. The molecule has 0 radical (unpaired) electrons. The van der Waals surface area contributed by atoms with Gasteiger partial charge in [-0.1, -0.05) is 0 Å². The number of hydrogen-bond acceptors (Lipinski definition) is 3. The van der Waals surface area contributed by atoms with Crippen LogP contribution >= 0.6 is 0 Å². The highest BCUT2D eigenvalue weighted by molar-refractivity contribution is 6.02. The average Bonchev–Trinajstić information content (AvgIpc) is 2.91. The molecule has 1 aromatic carbocycles. The molecule has 1 fully saturated rings. The van der Waals surface area contributed by atoms with Gasteiger partial charge in [0.25, 0.3) is 0 Å². The van der Waals surface area contributed by atoms with Crippen LogP contribution in [0.3, 0.4) is 0 Å². The normalized spacial score (nSPS) is 18.5. The van der Waals surface area contributed by atoms with Gasteiger partial charge in [0, 0.05) is 0 Å². The van der Waals surface area contributed by atoms with Crippen LogP contribution in [0.5, 0.6) is 0 Å². The Hall–Kier alpha value is -2.09. The fourth-order valence-corrected chi connectivity index (χ4v) is 2.13. The van der Waals surface area contributed by atoms with Gasteiger partial charge in [-0.05, 0) is 37.6 Å². The number of amides is 1. The Labute approximate surface area is 118 Å². The van der Waals surface area contributed by atoms with Crippen molar-refractivity contribution in [3.63, 3.8) is 0 Å². The van der Waals surface area contributed by atoms with Gasteiger partial charge in [-0.25, -0.2) is 4.79 Å². The average molecular weight is 302 g/mol. The molecule has 5 nitrogen and oxygen atoms in total. The van der Waals surface area contributed by atoms with Crippen LogP contribution in [0.1, 0.15) is 28.8 Å². The molecule has 1 aromatic rings. The van der Waals surface area contributed by atoms with E-state index in [1.165, 1.54) is 0 Å². The van der Waals surface area contributed by atoms with Crippen molar-refractivity contribution in [3.05, 3.63) is 29.3 Å². The first kappa shape index (κ1) is 15.3. The molecule has 114 valence electrons. The van der Waals surface area contributed by atoms with Crippen LogP contribution in [0.4, 0.5) is 18.9 Å². The van der Waals surface area contributed by atoms with Crippen LogP contribution < -0.4 is 10.6 Å². The predicted molar refractivity (Wildman–Crippen MR) is 68.1 cm³/mol. The summed E-state index contributed by atoms with van der Waals surface area (Å²) in [4.78, 5) is 23.0. The third-order valence-electron chi connectivity index (χ3n) is 3.21. The molecular formula is C13H13F3N2O3. The summed E-state index contributed by atoms with van der Waals surface area (Å²) in [6.07, 6.45) is -3.22. The van der Waals surface area contributed by atoms with Crippen molar-refractivity contribution in [2.24, 2.45) is 0 Å². The molecule has 1 aliphatic rings. The van der Waals surface area contributed by atoms with Crippen LogP contribution in [-0.2, 0) is 11.0 Å². The van der Waals surface area contributed by atoms with Gasteiger partial charge in [0.1, 0.15) is 0 Å². The molecule has 1 heterocycles. The summed E-state index contributed by atoms with van der Waals surface area (Å²) in [6, 6.07) is 1.76. The van der Waals surface area contributed by atoms with E-state index in [0.717, 1.165) is 18.6 Å². The second-order valence-corrected chi connectivity index (χ2v) is 4.70. The molecule has 8 heteroatoms. The first-order valence-corrected chi connectivity index (χ1v) is 6.28. The van der Waals surface area contributed by atoms with Gasteiger partial charge in [0.05, 0.1) is 22.9 Å². The summed E-state index contributed by atoms with van der Waals surface area (Å²) >= 11 is 0. The molecule has 2 rings (SSSR count). The number of benzene rings is 1. The van der Waals surface area contributed by atoms with Crippen molar-refractivity contribution < 1.29 is 27.9 Å². The van der Waals surface area contributed by atoms with Crippen molar-refractivity contribution in [1.82, 2.24) is 5.32 Å². The van der Waals surface area contributed by atoms with Crippen LogP contribution in [0.2, 0.25) is 0 Å². The van der Waals surface area contributed by atoms with E-state index in [4.69, 9.17) is 5.11 Å². The molecule has 1 unspecified atom stereocenters. The zero-order valence-corrected chi connectivity index (χ0v) is 10.8. The summed E-state index contributed by atoms with van der Waals surface area (Å²) in [5.74, 6) is -1.98. The van der Waals surface area contributed by atoms with Gasteiger partial charge in [0.15, 0.2) is 0 Å². The first-order valence-electron chi connectivity index (χ1n) is 6.28. The van der Waals surface area contributed by atoms with Crippen LogP contribution in [0.15, 0.2) is 18.2 Å². The second kappa shape index (κ2) is 5.72. The number of carbonyl (C=O) groups is 2. The monoisotopic (exact) mass is 302 g/mol. The third kappa shape index (κ3) is 3.52. The van der Waals surface area contributed by atoms with Crippen molar-refractivity contribution in [1.29, 1.82) is 0 Å². The number of aromatic carboxylic acids is 1. The van der Waals surface area contributed by atoms with E-state index < -0.39 is 35.2 Å². The number of carboxylic acid groups (broad SMARTS) is 1. The van der Waals surface area contributed by atoms with E-state index in [1.54, 1.807) is 0 Å². The molecular weight excluding hydrogens is 289 g/mol. The molecule has 21 heavy (non-hydrogen) atoms. The van der Waals surface area contributed by atoms with Gasteiger partial charge in [0.2, 0.25) is 5.91 Å². The minimum atomic E-state index is -4.64. The summed E-state index contributed by atoms with van der Waals surface area (Å²) in [5, 5.41) is 14.3. The maximum Gasteiger partial charge on any atom is 0.416 e. The molecule has 0 aromatic heterocycles. The number of carboxylic acids is 1. The third-order valence-corrected chi connectivity index (χ3v) is 3.21. The maximum atomic E-state index is 12.6. The van der Waals surface area contributed by atoms with Gasteiger partial charge in [-0.3, -0.25) is 4.79 Å². The molecule has 0 saturated carbocycles. The zero-order valence-electron chi connectivity index (χ0n) is 10.8. The Morgan fingerprint density at radius 3 is 2.57 bits per heavy atom. The number of halogens is 3. The Morgan fingerprint density at radius 1 is 1.33 bits per heavy atom. The Balaban J connectivity index is 2.26. The number of rotatable bonds is 3. The summed E-state index contributed by atoms with van der Waals surface area (Å²) in [7, 11) is 0. The lowest BCUT2D eigenvalue weighted by Crippen LogP contribution is -2.35. The predicted octanol–water partition coefficient (Wildman–Crippen LogP) is 2.09. The van der Waals surface area contributed by atoms with Crippen LogP contribution in [-0.4, -0.2) is 29.6 Å². The summed E-state index contributed by atoms with van der Waals surface area (Å²) in [6.45, 7) is 0.677. The number of nitrogens with one attached hydrogen (secondary N) is 2. The van der Waals surface area contributed by atoms with Crippen molar-refractivity contribution in [3.8, 4) is 0 Å². The van der Waals surface area contributed by atoms with Gasteiger partial charge in [-0.2, -0.15) is 13.2 Å². The highest BCUT2D eigenvalue weighted by Gasteiger charge is 2.32. The molecule has 0 aliphatic carbocycles. The van der Waals surface area contributed by atoms with Gasteiger partial charge >= 0.3 is 12.1 Å². The topological polar surface area (TPSA) is 78.4 Å². The fraction of sp³-hybridized carbons (Fsp3) is 0.385. The van der Waals surface area contributed by atoms with Crippen molar-refractivity contribution >= 4 is 17.6 Å². The van der Waals surface area contributed by atoms with E-state index in [1.807, 2.05) is 0 Å². The minimum Gasteiger partial charge on any atom is -0.478 e. The maximum absolute atomic E-state index is 12.6. The lowest BCUT2D eigenvalue weighted by atomic mass is 10.1.